The summed E-state index contributed by atoms with van der Waals surface area (Å²) in [7, 11) is 0. The van der Waals surface area contributed by atoms with Crippen LogP contribution in [0.15, 0.2) is 39.5 Å². The molecule has 2 aromatic rings. The zero-order valence-corrected chi connectivity index (χ0v) is 14.1. The van der Waals surface area contributed by atoms with E-state index in [0.717, 1.165) is 31.1 Å². The Balaban J connectivity index is 0.00000208. The smallest absolute Gasteiger partial charge is 0.336 e. The van der Waals surface area contributed by atoms with Crippen molar-refractivity contribution < 1.29 is 13.9 Å². The molecule has 1 aromatic carbocycles. The molecule has 1 fully saturated rings. The van der Waals surface area contributed by atoms with Crippen molar-refractivity contribution in [2.45, 2.75) is 31.2 Å². The van der Waals surface area contributed by atoms with Crippen molar-refractivity contribution in [3.63, 3.8) is 0 Å². The fourth-order valence-electron chi connectivity index (χ4n) is 3.04. The van der Waals surface area contributed by atoms with Gasteiger partial charge in [-0.05, 0) is 31.0 Å². The number of nitrogens with two attached hydrogens (primary N) is 1. The molecule has 1 aliphatic rings. The summed E-state index contributed by atoms with van der Waals surface area (Å²) in [4.78, 5) is 23.3. The zero-order chi connectivity index (χ0) is 16.3. The Labute approximate surface area is 145 Å². The average molecular weight is 353 g/mol. The van der Waals surface area contributed by atoms with E-state index in [4.69, 9.17) is 14.9 Å². The van der Waals surface area contributed by atoms with Crippen LogP contribution in [0, 0.1) is 0 Å². The predicted octanol–water partition coefficient (Wildman–Crippen LogP) is 1.98. The predicted molar refractivity (Wildman–Crippen MR) is 93.6 cm³/mol. The lowest BCUT2D eigenvalue weighted by atomic mass is 9.98. The third-order valence-corrected chi connectivity index (χ3v) is 4.32. The first kappa shape index (κ1) is 18.3. The molecule has 1 amide bonds. The molecule has 1 aliphatic carbocycles. The third-order valence-electron chi connectivity index (χ3n) is 4.32. The number of amides is 1. The highest BCUT2D eigenvalue weighted by Crippen LogP contribution is 2.28. The van der Waals surface area contributed by atoms with Crippen molar-refractivity contribution in [1.29, 1.82) is 0 Å². The first-order chi connectivity index (χ1) is 11.1. The van der Waals surface area contributed by atoms with Crippen LogP contribution in [-0.4, -0.2) is 24.6 Å². The molecule has 1 aromatic heterocycles. The molecule has 130 valence electrons. The SMILES string of the molecule is Cl.NCC1(NC(=O)COc2ccc3ccc(=O)oc3c2)CCCC1. The van der Waals surface area contributed by atoms with E-state index in [1.54, 1.807) is 24.3 Å². The van der Waals surface area contributed by atoms with Crippen molar-refractivity contribution in [2.75, 3.05) is 13.2 Å². The first-order valence-electron chi connectivity index (χ1n) is 7.78. The Morgan fingerprint density at radius 3 is 2.67 bits per heavy atom. The number of rotatable bonds is 5. The first-order valence-corrected chi connectivity index (χ1v) is 7.78. The van der Waals surface area contributed by atoms with E-state index >= 15 is 0 Å². The fraction of sp³-hybridized carbons (Fsp3) is 0.412. The van der Waals surface area contributed by atoms with Gasteiger partial charge in [-0.3, -0.25) is 4.79 Å². The van der Waals surface area contributed by atoms with Crippen LogP contribution in [-0.2, 0) is 4.79 Å². The Morgan fingerprint density at radius 1 is 1.25 bits per heavy atom. The number of ether oxygens (including phenoxy) is 1. The minimum Gasteiger partial charge on any atom is -0.484 e. The van der Waals surface area contributed by atoms with E-state index < -0.39 is 5.63 Å². The Morgan fingerprint density at radius 2 is 1.96 bits per heavy atom. The number of hydrogen-bond acceptors (Lipinski definition) is 5. The standard InChI is InChI=1S/C17H20N2O4.ClH/c18-11-17(7-1-2-8-17)19-15(20)10-22-13-5-3-12-4-6-16(21)23-14(12)9-13;/h3-6,9H,1-2,7-8,10-11,18H2,(H,19,20);1H. The minimum atomic E-state index is -0.418. The molecule has 7 heteroatoms. The quantitative estimate of drug-likeness (QED) is 0.802. The van der Waals surface area contributed by atoms with Gasteiger partial charge in [-0.1, -0.05) is 12.8 Å². The molecule has 0 bridgehead atoms. The molecule has 3 rings (SSSR count). The molecular formula is C17H21ClN2O4. The van der Waals surface area contributed by atoms with Crippen molar-refractivity contribution in [3.8, 4) is 5.75 Å². The largest absolute Gasteiger partial charge is 0.484 e. The second kappa shape index (κ2) is 7.68. The summed E-state index contributed by atoms with van der Waals surface area (Å²) in [5.41, 5.74) is 5.54. The van der Waals surface area contributed by atoms with Crippen molar-refractivity contribution in [1.82, 2.24) is 5.32 Å². The molecular weight excluding hydrogens is 332 g/mol. The van der Waals surface area contributed by atoms with Gasteiger partial charge in [0.2, 0.25) is 0 Å². The van der Waals surface area contributed by atoms with E-state index in [9.17, 15) is 9.59 Å². The third kappa shape index (κ3) is 4.07. The molecule has 0 atom stereocenters. The summed E-state index contributed by atoms with van der Waals surface area (Å²) >= 11 is 0. The summed E-state index contributed by atoms with van der Waals surface area (Å²) in [6.45, 7) is 0.351. The van der Waals surface area contributed by atoms with E-state index in [1.807, 2.05) is 0 Å². The molecule has 3 N–H and O–H groups in total. The minimum absolute atomic E-state index is 0. The highest BCUT2D eigenvalue weighted by molar-refractivity contribution is 5.85. The highest BCUT2D eigenvalue weighted by Gasteiger charge is 2.33. The van der Waals surface area contributed by atoms with Gasteiger partial charge in [0.25, 0.3) is 5.91 Å². The lowest BCUT2D eigenvalue weighted by Gasteiger charge is -2.28. The van der Waals surface area contributed by atoms with Crippen molar-refractivity contribution >= 4 is 29.3 Å². The van der Waals surface area contributed by atoms with Crippen LogP contribution in [0.3, 0.4) is 0 Å². The molecule has 1 heterocycles. The highest BCUT2D eigenvalue weighted by atomic mass is 35.5. The van der Waals surface area contributed by atoms with Crippen molar-refractivity contribution in [3.05, 3.63) is 40.8 Å². The molecule has 0 saturated heterocycles. The van der Waals surface area contributed by atoms with E-state index in [-0.39, 0.29) is 30.5 Å². The molecule has 6 nitrogen and oxygen atoms in total. The number of hydrogen-bond donors (Lipinski definition) is 2. The number of benzene rings is 1. The molecule has 0 radical (unpaired) electrons. The fourth-order valence-corrected chi connectivity index (χ4v) is 3.04. The number of nitrogens with one attached hydrogen (secondary N) is 1. The van der Waals surface area contributed by atoms with Crippen LogP contribution in [0.5, 0.6) is 5.75 Å². The van der Waals surface area contributed by atoms with Gasteiger partial charge in [-0.2, -0.15) is 0 Å². The average Bonchev–Trinajstić information content (AvgIpc) is 3.01. The van der Waals surface area contributed by atoms with Gasteiger partial charge in [0.1, 0.15) is 11.3 Å². The van der Waals surface area contributed by atoms with Gasteiger partial charge in [0.15, 0.2) is 6.61 Å². The summed E-state index contributed by atoms with van der Waals surface area (Å²) in [6.07, 6.45) is 4.00. The van der Waals surface area contributed by atoms with Gasteiger partial charge >= 0.3 is 5.63 Å². The Hall–Kier alpha value is -2.05. The maximum Gasteiger partial charge on any atom is 0.336 e. The van der Waals surface area contributed by atoms with Crippen LogP contribution in [0.25, 0.3) is 11.0 Å². The molecule has 1 saturated carbocycles. The normalized spacial score (nSPS) is 15.7. The lowest BCUT2D eigenvalue weighted by Crippen LogP contribution is -2.52. The summed E-state index contributed by atoms with van der Waals surface area (Å²) < 4.78 is 10.6. The monoisotopic (exact) mass is 352 g/mol. The van der Waals surface area contributed by atoms with Gasteiger partial charge in [-0.15, -0.1) is 12.4 Å². The number of fused-ring (bicyclic) bond motifs is 1. The van der Waals surface area contributed by atoms with Crippen LogP contribution >= 0.6 is 12.4 Å². The van der Waals surface area contributed by atoms with Gasteiger partial charge < -0.3 is 20.2 Å². The number of halogens is 1. The van der Waals surface area contributed by atoms with Gasteiger partial charge in [0, 0.05) is 24.1 Å². The summed E-state index contributed by atoms with van der Waals surface area (Å²) in [6, 6.07) is 8.18. The molecule has 24 heavy (non-hydrogen) atoms. The van der Waals surface area contributed by atoms with Gasteiger partial charge in [-0.25, -0.2) is 4.79 Å². The maximum absolute atomic E-state index is 12.1. The molecule has 0 aliphatic heterocycles. The van der Waals surface area contributed by atoms with Crippen LogP contribution in [0.4, 0.5) is 0 Å². The van der Waals surface area contributed by atoms with Crippen LogP contribution in [0.1, 0.15) is 25.7 Å². The number of carbonyl (C=O) groups excluding carboxylic acids is 1. The Bertz CT molecular complexity index is 769. The second-order valence-electron chi connectivity index (χ2n) is 5.98. The molecule has 0 spiro atoms. The van der Waals surface area contributed by atoms with Crippen LogP contribution < -0.4 is 21.4 Å². The zero-order valence-electron chi connectivity index (χ0n) is 13.2. The van der Waals surface area contributed by atoms with E-state index in [2.05, 4.69) is 5.32 Å². The second-order valence-corrected chi connectivity index (χ2v) is 5.98. The molecule has 0 unspecified atom stereocenters. The summed E-state index contributed by atoms with van der Waals surface area (Å²) in [5.74, 6) is 0.294. The topological polar surface area (TPSA) is 94.6 Å². The van der Waals surface area contributed by atoms with E-state index in [0.29, 0.717) is 17.9 Å². The van der Waals surface area contributed by atoms with Gasteiger partial charge in [0.05, 0.1) is 5.54 Å². The van der Waals surface area contributed by atoms with Crippen LogP contribution in [0.2, 0.25) is 0 Å². The summed E-state index contributed by atoms with van der Waals surface area (Å²) in [5, 5.41) is 3.80. The lowest BCUT2D eigenvalue weighted by molar-refractivity contribution is -0.124. The van der Waals surface area contributed by atoms with Crippen molar-refractivity contribution in [2.24, 2.45) is 5.73 Å². The Kier molecular flexibility index (Phi) is 5.85. The maximum atomic E-state index is 12.1. The van der Waals surface area contributed by atoms with E-state index in [1.165, 1.54) is 6.07 Å². The number of carbonyl (C=O) groups is 1.